The number of nitrogens with one attached hydrogen (secondary N) is 2. The van der Waals surface area contributed by atoms with Gasteiger partial charge in [-0.2, -0.15) is 8.42 Å². The molecule has 2 heterocycles. The lowest BCUT2D eigenvalue weighted by atomic mass is 9.85. The maximum absolute atomic E-state index is 12.4. The maximum atomic E-state index is 12.4. The number of piperidine rings is 1. The van der Waals surface area contributed by atoms with Gasteiger partial charge in [0.2, 0.25) is 0 Å². The third kappa shape index (κ3) is 11.1. The molecule has 210 valence electrons. The molecule has 4 rings (SSSR count). The fourth-order valence-electron chi connectivity index (χ4n) is 4.25. The van der Waals surface area contributed by atoms with Crippen LogP contribution in [0.15, 0.2) is 60.7 Å². The molecule has 1 aliphatic heterocycles. The van der Waals surface area contributed by atoms with Crippen LogP contribution in [0.1, 0.15) is 24.1 Å². The molecule has 2 amide bonds. The molecule has 12 nitrogen and oxygen atoms in total. The number of carbonyl (C=O) groups excluding carboxylic acids is 1. The Labute approximate surface area is 221 Å². The van der Waals surface area contributed by atoms with Gasteiger partial charge in [0.15, 0.2) is 0 Å². The molecule has 0 bridgehead atoms. The van der Waals surface area contributed by atoms with Gasteiger partial charge >= 0.3 is 16.4 Å². The number of aryl methyl sites for hydroxylation is 1. The minimum atomic E-state index is -4.67. The minimum Gasteiger partial charge on any atom is -0.412 e. The van der Waals surface area contributed by atoms with Gasteiger partial charge in [-0.05, 0) is 37.5 Å². The zero-order valence-corrected chi connectivity index (χ0v) is 21.9. The maximum Gasteiger partial charge on any atom is 0.394 e. The van der Waals surface area contributed by atoms with Crippen LogP contribution in [0.3, 0.4) is 0 Å². The van der Waals surface area contributed by atoms with Crippen LogP contribution in [-0.2, 0) is 16.8 Å². The van der Waals surface area contributed by atoms with Gasteiger partial charge in [0.1, 0.15) is 0 Å². The predicted molar refractivity (Wildman–Crippen MR) is 146 cm³/mol. The highest BCUT2D eigenvalue weighted by molar-refractivity contribution is 7.79. The normalized spacial score (nSPS) is 14.7. The van der Waals surface area contributed by atoms with Gasteiger partial charge in [0, 0.05) is 43.7 Å². The van der Waals surface area contributed by atoms with Crippen molar-refractivity contribution in [3.63, 3.8) is 0 Å². The van der Waals surface area contributed by atoms with Crippen LogP contribution in [0, 0.1) is 6.92 Å². The Morgan fingerprint density at radius 3 is 2.24 bits per heavy atom. The van der Waals surface area contributed by atoms with Crippen molar-refractivity contribution in [3.8, 4) is 0 Å². The van der Waals surface area contributed by atoms with E-state index < -0.39 is 16.0 Å². The molecule has 9 N–H and O–H groups in total. The van der Waals surface area contributed by atoms with E-state index in [4.69, 9.17) is 17.5 Å². The van der Waals surface area contributed by atoms with Crippen molar-refractivity contribution in [3.05, 3.63) is 71.9 Å². The molecule has 1 aromatic heterocycles. The summed E-state index contributed by atoms with van der Waals surface area (Å²) < 4.78 is 31.6. The number of fused-ring (bicyclic) bond motifs is 1. The summed E-state index contributed by atoms with van der Waals surface area (Å²) in [5, 5.41) is 17.7. The number of benzene rings is 2. The number of anilines is 1. The molecule has 0 atom stereocenters. The number of carbonyl (C=O) groups is 1. The second-order valence-corrected chi connectivity index (χ2v) is 9.78. The first-order chi connectivity index (χ1) is 17.0. The van der Waals surface area contributed by atoms with Crippen LogP contribution >= 0.6 is 0 Å². The SMILES string of the molecule is Cc1cc(NC(=O)NCCN2CCC(O)(Cc3ccccc3)CC2)c2ccccc2n1.O.O.O=S(=O)(O)O. The van der Waals surface area contributed by atoms with Gasteiger partial charge in [-0.3, -0.25) is 14.1 Å². The van der Waals surface area contributed by atoms with Gasteiger partial charge in [-0.15, -0.1) is 0 Å². The lowest BCUT2D eigenvalue weighted by molar-refractivity contribution is -0.0201. The molecular weight excluding hydrogens is 516 g/mol. The van der Waals surface area contributed by atoms with Gasteiger partial charge in [0.05, 0.1) is 16.8 Å². The van der Waals surface area contributed by atoms with Crippen molar-refractivity contribution < 1.29 is 38.4 Å². The second kappa shape index (κ2) is 14.7. The Hall–Kier alpha value is -3.17. The number of urea groups is 1. The molecular formula is C25H36N4O8S. The van der Waals surface area contributed by atoms with E-state index in [1.165, 1.54) is 5.56 Å². The fourth-order valence-corrected chi connectivity index (χ4v) is 4.25. The van der Waals surface area contributed by atoms with E-state index in [2.05, 4.69) is 32.7 Å². The van der Waals surface area contributed by atoms with Crippen LogP contribution in [0.5, 0.6) is 0 Å². The highest BCUT2D eigenvalue weighted by atomic mass is 32.3. The molecule has 13 heteroatoms. The number of pyridine rings is 1. The molecule has 0 aliphatic carbocycles. The number of nitrogens with zero attached hydrogens (tertiary/aromatic N) is 2. The Balaban J connectivity index is 0.000000946. The van der Waals surface area contributed by atoms with E-state index in [0.717, 1.165) is 54.8 Å². The number of amides is 2. The van der Waals surface area contributed by atoms with Gasteiger partial charge < -0.3 is 31.6 Å². The Morgan fingerprint density at radius 2 is 1.61 bits per heavy atom. The summed E-state index contributed by atoms with van der Waals surface area (Å²) in [5.41, 5.74) is 3.04. The van der Waals surface area contributed by atoms with E-state index in [1.807, 2.05) is 55.5 Å². The van der Waals surface area contributed by atoms with Gasteiger partial charge in [0.25, 0.3) is 0 Å². The summed E-state index contributed by atoms with van der Waals surface area (Å²) in [7, 11) is -4.67. The smallest absolute Gasteiger partial charge is 0.394 e. The largest absolute Gasteiger partial charge is 0.412 e. The number of para-hydroxylation sites is 1. The Morgan fingerprint density at radius 1 is 1.03 bits per heavy atom. The Bertz CT molecular complexity index is 1260. The zero-order valence-electron chi connectivity index (χ0n) is 21.1. The second-order valence-electron chi connectivity index (χ2n) is 8.89. The van der Waals surface area contributed by atoms with Crippen molar-refractivity contribution in [1.82, 2.24) is 15.2 Å². The summed E-state index contributed by atoms with van der Waals surface area (Å²) >= 11 is 0. The zero-order chi connectivity index (χ0) is 26.2. The van der Waals surface area contributed by atoms with Crippen LogP contribution in [0.4, 0.5) is 10.5 Å². The topological polar surface area (TPSA) is 215 Å². The monoisotopic (exact) mass is 552 g/mol. The van der Waals surface area contributed by atoms with E-state index in [-0.39, 0.29) is 17.0 Å². The lowest BCUT2D eigenvalue weighted by Crippen LogP contribution is -2.47. The highest BCUT2D eigenvalue weighted by Crippen LogP contribution is 2.26. The average molecular weight is 553 g/mol. The fraction of sp³-hybridized carbons (Fsp3) is 0.360. The van der Waals surface area contributed by atoms with Gasteiger partial charge in [-0.1, -0.05) is 48.5 Å². The quantitative estimate of drug-likeness (QED) is 0.281. The summed E-state index contributed by atoms with van der Waals surface area (Å²) in [6, 6.07) is 19.6. The minimum absolute atomic E-state index is 0. The highest BCUT2D eigenvalue weighted by Gasteiger charge is 2.32. The summed E-state index contributed by atoms with van der Waals surface area (Å²) in [4.78, 5) is 19.2. The van der Waals surface area contributed by atoms with Crippen LogP contribution in [-0.4, -0.2) is 81.3 Å². The summed E-state index contributed by atoms with van der Waals surface area (Å²) in [6.07, 6.45) is 2.19. The standard InChI is InChI=1S/C25H30N4O2.H2O4S.2H2O/c1-19-17-23(21-9-5-6-10-22(21)27-19)28-24(30)26-13-16-29-14-11-25(31,12-15-29)18-20-7-3-2-4-8-20;1-5(2,3)4;;/h2-10,17,31H,11-16,18H2,1H3,(H2,26,27,28,30);(H2,1,2,3,4);2*1H2. The predicted octanol–water partition coefficient (Wildman–Crippen LogP) is 1.43. The molecule has 1 saturated heterocycles. The van der Waals surface area contributed by atoms with E-state index in [9.17, 15) is 9.90 Å². The third-order valence-corrected chi connectivity index (χ3v) is 5.97. The first-order valence-electron chi connectivity index (χ1n) is 11.6. The lowest BCUT2D eigenvalue weighted by Gasteiger charge is -2.38. The third-order valence-electron chi connectivity index (χ3n) is 5.97. The molecule has 0 saturated carbocycles. The average Bonchev–Trinajstić information content (AvgIpc) is 2.80. The van der Waals surface area contributed by atoms with E-state index >= 15 is 0 Å². The van der Waals surface area contributed by atoms with Crippen LogP contribution in [0.25, 0.3) is 10.9 Å². The molecule has 1 fully saturated rings. The molecule has 38 heavy (non-hydrogen) atoms. The summed E-state index contributed by atoms with van der Waals surface area (Å²) in [5.74, 6) is 0. The van der Waals surface area contributed by atoms with Crippen molar-refractivity contribution >= 4 is 33.0 Å². The number of aliphatic hydroxyl groups is 1. The molecule has 3 aromatic rings. The number of likely N-dealkylation sites (tertiary alicyclic amines) is 1. The van der Waals surface area contributed by atoms with Crippen molar-refractivity contribution in [1.29, 1.82) is 0 Å². The Kier molecular flexibility index (Phi) is 12.7. The summed E-state index contributed by atoms with van der Waals surface area (Å²) in [6.45, 7) is 4.92. The molecule has 0 spiro atoms. The van der Waals surface area contributed by atoms with Crippen molar-refractivity contribution in [2.75, 3.05) is 31.5 Å². The first kappa shape index (κ1) is 32.9. The van der Waals surface area contributed by atoms with Gasteiger partial charge in [-0.25, -0.2) is 4.79 Å². The molecule has 2 aromatic carbocycles. The van der Waals surface area contributed by atoms with Crippen molar-refractivity contribution in [2.45, 2.75) is 31.8 Å². The number of hydrogen-bond acceptors (Lipinski definition) is 6. The van der Waals surface area contributed by atoms with Crippen LogP contribution < -0.4 is 10.6 Å². The van der Waals surface area contributed by atoms with E-state index in [1.54, 1.807) is 0 Å². The first-order valence-corrected chi connectivity index (χ1v) is 13.0. The molecule has 0 radical (unpaired) electrons. The van der Waals surface area contributed by atoms with Crippen molar-refractivity contribution in [2.24, 2.45) is 0 Å². The number of hydrogen-bond donors (Lipinski definition) is 5. The van der Waals surface area contributed by atoms with Crippen LogP contribution in [0.2, 0.25) is 0 Å². The number of aromatic nitrogens is 1. The molecule has 1 aliphatic rings. The number of rotatable bonds is 6. The van der Waals surface area contributed by atoms with E-state index in [0.29, 0.717) is 13.0 Å². The molecule has 0 unspecified atom stereocenters.